The second-order valence-corrected chi connectivity index (χ2v) is 3.01. The Labute approximate surface area is 88.9 Å². The van der Waals surface area contributed by atoms with E-state index in [1.54, 1.807) is 19.1 Å². The highest BCUT2D eigenvalue weighted by atomic mass is 16.3. The largest absolute Gasteiger partial charge is 0.507 e. The van der Waals surface area contributed by atoms with Gasteiger partial charge in [0, 0.05) is 12.0 Å². The van der Waals surface area contributed by atoms with Gasteiger partial charge in [0.2, 0.25) is 0 Å². The maximum atomic E-state index is 11.4. The predicted octanol–water partition coefficient (Wildman–Crippen LogP) is 1.30. The maximum Gasteiger partial charge on any atom is 0.166 e. The van der Waals surface area contributed by atoms with E-state index < -0.39 is 0 Å². The van der Waals surface area contributed by atoms with Crippen molar-refractivity contribution in [3.8, 4) is 17.6 Å². The van der Waals surface area contributed by atoms with E-state index in [0.717, 1.165) is 0 Å². The Hall–Kier alpha value is -1.79. The lowest BCUT2D eigenvalue weighted by atomic mass is 10.0. The first kappa shape index (κ1) is 11.3. The quantitative estimate of drug-likeness (QED) is 0.562. The van der Waals surface area contributed by atoms with Crippen molar-refractivity contribution in [3.05, 3.63) is 29.3 Å². The van der Waals surface area contributed by atoms with E-state index >= 15 is 0 Å². The van der Waals surface area contributed by atoms with Crippen LogP contribution in [0.2, 0.25) is 0 Å². The van der Waals surface area contributed by atoms with Crippen LogP contribution in [0.3, 0.4) is 0 Å². The minimum atomic E-state index is -0.0936. The van der Waals surface area contributed by atoms with E-state index in [-0.39, 0.29) is 18.1 Å². The number of aromatic hydroxyl groups is 1. The molecular formula is C12H13NO2. The fourth-order valence-corrected chi connectivity index (χ4v) is 1.18. The van der Waals surface area contributed by atoms with Crippen LogP contribution in [-0.2, 0) is 0 Å². The van der Waals surface area contributed by atoms with Crippen LogP contribution in [0.1, 0.15) is 29.3 Å². The lowest BCUT2D eigenvalue weighted by Gasteiger charge is -2.02. The van der Waals surface area contributed by atoms with Gasteiger partial charge in [-0.25, -0.2) is 0 Å². The second kappa shape index (κ2) is 5.18. The number of benzene rings is 1. The molecule has 0 aromatic heterocycles. The van der Waals surface area contributed by atoms with Crippen molar-refractivity contribution >= 4 is 5.78 Å². The van der Waals surface area contributed by atoms with Gasteiger partial charge in [0.15, 0.2) is 5.78 Å². The summed E-state index contributed by atoms with van der Waals surface area (Å²) in [5.74, 6) is 5.41. The predicted molar refractivity (Wildman–Crippen MR) is 58.7 cm³/mol. The van der Waals surface area contributed by atoms with E-state index in [1.807, 2.05) is 0 Å². The third kappa shape index (κ3) is 2.83. The molecule has 0 radical (unpaired) electrons. The van der Waals surface area contributed by atoms with Crippen LogP contribution >= 0.6 is 0 Å². The van der Waals surface area contributed by atoms with E-state index in [2.05, 4.69) is 11.8 Å². The number of ketones is 1. The number of hydrogen-bond donors (Lipinski definition) is 2. The number of phenols is 1. The van der Waals surface area contributed by atoms with Gasteiger partial charge >= 0.3 is 0 Å². The standard InChI is InChI=1S/C12H13NO2/c1-2-11(14)10-8-9(4-3-7-13)5-6-12(10)15/h5-6,8,15H,2,7,13H2,1H3. The number of nitrogens with two attached hydrogens (primary N) is 1. The molecule has 0 heterocycles. The summed E-state index contributed by atoms with van der Waals surface area (Å²) in [6.07, 6.45) is 0.362. The molecule has 0 aliphatic rings. The van der Waals surface area contributed by atoms with E-state index in [1.165, 1.54) is 6.07 Å². The third-order valence-electron chi connectivity index (χ3n) is 1.95. The maximum absolute atomic E-state index is 11.4. The number of phenolic OH excluding ortho intramolecular Hbond substituents is 1. The smallest absolute Gasteiger partial charge is 0.166 e. The SMILES string of the molecule is CCC(=O)c1cc(C#CCN)ccc1O. The van der Waals surface area contributed by atoms with Crippen LogP contribution in [0.4, 0.5) is 0 Å². The molecule has 0 aliphatic carbocycles. The normalized spacial score (nSPS) is 9.20. The molecule has 0 saturated heterocycles. The Morgan fingerprint density at radius 2 is 2.27 bits per heavy atom. The summed E-state index contributed by atoms with van der Waals surface area (Å²) in [4.78, 5) is 11.4. The van der Waals surface area contributed by atoms with Gasteiger partial charge in [0.25, 0.3) is 0 Å². The molecule has 78 valence electrons. The molecule has 0 saturated carbocycles. The average Bonchev–Trinajstić information content (AvgIpc) is 2.27. The number of carbonyl (C=O) groups is 1. The molecule has 0 fully saturated rings. The molecule has 0 aliphatic heterocycles. The zero-order chi connectivity index (χ0) is 11.3. The highest BCUT2D eigenvalue weighted by Crippen LogP contribution is 2.19. The van der Waals surface area contributed by atoms with Crippen molar-refractivity contribution in [2.24, 2.45) is 5.73 Å². The Kier molecular flexibility index (Phi) is 3.90. The molecule has 0 unspecified atom stereocenters. The lowest BCUT2D eigenvalue weighted by molar-refractivity contribution is 0.0985. The van der Waals surface area contributed by atoms with Gasteiger partial charge in [0.05, 0.1) is 12.1 Å². The number of hydrogen-bond acceptors (Lipinski definition) is 3. The molecule has 0 amide bonds. The lowest BCUT2D eigenvalue weighted by Crippen LogP contribution is -1.98. The summed E-state index contributed by atoms with van der Waals surface area (Å²) in [5.41, 5.74) is 6.25. The topological polar surface area (TPSA) is 63.3 Å². The zero-order valence-electron chi connectivity index (χ0n) is 8.58. The van der Waals surface area contributed by atoms with E-state index in [9.17, 15) is 9.90 Å². The molecule has 3 heteroatoms. The summed E-state index contributed by atoms with van der Waals surface area (Å²) in [5, 5.41) is 9.47. The fraction of sp³-hybridized carbons (Fsp3) is 0.250. The number of carbonyl (C=O) groups excluding carboxylic acids is 1. The highest BCUT2D eigenvalue weighted by molar-refractivity contribution is 5.98. The summed E-state index contributed by atoms with van der Waals surface area (Å²) in [6, 6.07) is 4.72. The van der Waals surface area contributed by atoms with Crippen molar-refractivity contribution in [2.75, 3.05) is 6.54 Å². The third-order valence-corrected chi connectivity index (χ3v) is 1.95. The van der Waals surface area contributed by atoms with Crippen molar-refractivity contribution in [1.82, 2.24) is 0 Å². The molecule has 3 N–H and O–H groups in total. The molecule has 0 atom stereocenters. The van der Waals surface area contributed by atoms with Crippen LogP contribution in [0.15, 0.2) is 18.2 Å². The molecule has 1 rings (SSSR count). The molecule has 1 aromatic carbocycles. The molecule has 0 spiro atoms. The molecule has 0 bridgehead atoms. The summed E-state index contributed by atoms with van der Waals surface area (Å²) < 4.78 is 0. The van der Waals surface area contributed by atoms with Crippen LogP contribution in [0, 0.1) is 11.8 Å². The van der Waals surface area contributed by atoms with Crippen molar-refractivity contribution in [3.63, 3.8) is 0 Å². The molecule has 15 heavy (non-hydrogen) atoms. The molecule has 3 nitrogen and oxygen atoms in total. The van der Waals surface area contributed by atoms with Crippen LogP contribution in [0.5, 0.6) is 5.75 Å². The summed E-state index contributed by atoms with van der Waals surface area (Å²) in [6.45, 7) is 2.03. The zero-order valence-corrected chi connectivity index (χ0v) is 8.58. The van der Waals surface area contributed by atoms with E-state index in [4.69, 9.17) is 5.73 Å². The van der Waals surface area contributed by atoms with Crippen molar-refractivity contribution < 1.29 is 9.90 Å². The van der Waals surface area contributed by atoms with Gasteiger partial charge < -0.3 is 10.8 Å². The molecule has 1 aromatic rings. The Balaban J connectivity index is 3.10. The van der Waals surface area contributed by atoms with Gasteiger partial charge in [-0.05, 0) is 18.2 Å². The van der Waals surface area contributed by atoms with Crippen LogP contribution < -0.4 is 5.73 Å². The Bertz CT molecular complexity index is 427. The van der Waals surface area contributed by atoms with Gasteiger partial charge in [-0.3, -0.25) is 4.79 Å². The Morgan fingerprint density at radius 1 is 1.53 bits per heavy atom. The van der Waals surface area contributed by atoms with Gasteiger partial charge in [-0.15, -0.1) is 0 Å². The second-order valence-electron chi connectivity index (χ2n) is 3.01. The summed E-state index contributed by atoms with van der Waals surface area (Å²) >= 11 is 0. The van der Waals surface area contributed by atoms with Gasteiger partial charge in [0.1, 0.15) is 5.75 Å². The first-order valence-electron chi connectivity index (χ1n) is 4.74. The van der Waals surface area contributed by atoms with Crippen LogP contribution in [0.25, 0.3) is 0 Å². The number of Topliss-reactive ketones (excluding diaryl/α,β-unsaturated/α-hetero) is 1. The minimum Gasteiger partial charge on any atom is -0.507 e. The van der Waals surface area contributed by atoms with Crippen molar-refractivity contribution in [2.45, 2.75) is 13.3 Å². The highest BCUT2D eigenvalue weighted by Gasteiger charge is 2.08. The average molecular weight is 203 g/mol. The summed E-state index contributed by atoms with van der Waals surface area (Å²) in [7, 11) is 0. The minimum absolute atomic E-state index is 0.000137. The van der Waals surface area contributed by atoms with Crippen LogP contribution in [-0.4, -0.2) is 17.4 Å². The monoisotopic (exact) mass is 203 g/mol. The number of rotatable bonds is 2. The molecular weight excluding hydrogens is 190 g/mol. The van der Waals surface area contributed by atoms with Gasteiger partial charge in [-0.2, -0.15) is 0 Å². The van der Waals surface area contributed by atoms with Gasteiger partial charge in [-0.1, -0.05) is 18.8 Å². The first-order chi connectivity index (χ1) is 7.19. The van der Waals surface area contributed by atoms with E-state index in [0.29, 0.717) is 17.5 Å². The van der Waals surface area contributed by atoms with Crippen molar-refractivity contribution in [1.29, 1.82) is 0 Å². The Morgan fingerprint density at radius 3 is 2.87 bits per heavy atom. The fourth-order valence-electron chi connectivity index (χ4n) is 1.18. The first-order valence-corrected chi connectivity index (χ1v) is 4.74.